The average Bonchev–Trinajstić information content (AvgIpc) is 2.72. The Morgan fingerprint density at radius 3 is 1.48 bits per heavy atom. The summed E-state index contributed by atoms with van der Waals surface area (Å²) in [5.74, 6) is 1.51. The molecule has 4 N–H and O–H groups in total. The molecule has 0 spiro atoms. The summed E-state index contributed by atoms with van der Waals surface area (Å²) in [7, 11) is 0. The van der Waals surface area contributed by atoms with Gasteiger partial charge in [0.1, 0.15) is 36.9 Å². The molecule has 160 valence electrons. The van der Waals surface area contributed by atoms with Gasteiger partial charge < -0.3 is 30.3 Å². The number of benzene rings is 2. The van der Waals surface area contributed by atoms with Gasteiger partial charge in [-0.05, 0) is 29.7 Å². The Morgan fingerprint density at radius 2 is 1.10 bits per heavy atom. The van der Waals surface area contributed by atoms with Crippen LogP contribution in [-0.4, -0.2) is 61.8 Å². The third kappa shape index (κ3) is 10.3. The van der Waals surface area contributed by atoms with Crippen LogP contribution in [0, 0.1) is 5.41 Å². The molecule has 0 fully saturated rings. The van der Waals surface area contributed by atoms with Crippen molar-refractivity contribution in [2.45, 2.75) is 26.1 Å². The standard InChI is InChI=1S/C23H34N2O4/c1-23(2,17-24-13-19(26)15-28-21-9-5-3-6-10-21)18-25-14-20(27)16-29-22-11-7-4-8-12-22/h3-12,19-20,24-27H,13-18H2,1-2H3/t19-,20-/m0/s1. The fourth-order valence-corrected chi connectivity index (χ4v) is 2.75. The summed E-state index contributed by atoms with van der Waals surface area (Å²) in [6, 6.07) is 18.9. The van der Waals surface area contributed by atoms with Gasteiger partial charge in [0.2, 0.25) is 0 Å². The minimum atomic E-state index is -0.573. The Kier molecular flexibility index (Phi) is 9.94. The Balaban J connectivity index is 1.54. The Hall–Kier alpha value is -2.12. The van der Waals surface area contributed by atoms with Crippen LogP contribution in [-0.2, 0) is 0 Å². The van der Waals surface area contributed by atoms with Gasteiger partial charge >= 0.3 is 0 Å². The van der Waals surface area contributed by atoms with Crippen molar-refractivity contribution in [3.63, 3.8) is 0 Å². The SMILES string of the molecule is CC(C)(CNC[C@H](O)COc1ccccc1)CNC[C@H](O)COc1ccccc1. The Morgan fingerprint density at radius 1 is 0.724 bits per heavy atom. The van der Waals surface area contributed by atoms with E-state index in [0.29, 0.717) is 13.1 Å². The van der Waals surface area contributed by atoms with Crippen LogP contribution >= 0.6 is 0 Å². The zero-order chi connectivity index (χ0) is 21.0. The second kappa shape index (κ2) is 12.4. The zero-order valence-corrected chi connectivity index (χ0v) is 17.4. The molecule has 0 aliphatic heterocycles. The van der Waals surface area contributed by atoms with Crippen LogP contribution in [0.15, 0.2) is 60.7 Å². The molecule has 0 bridgehead atoms. The molecule has 0 aromatic heterocycles. The van der Waals surface area contributed by atoms with Crippen LogP contribution in [0.2, 0.25) is 0 Å². The van der Waals surface area contributed by atoms with Crippen molar-refractivity contribution in [2.75, 3.05) is 39.4 Å². The molecule has 2 atom stereocenters. The van der Waals surface area contributed by atoms with Crippen molar-refractivity contribution >= 4 is 0 Å². The molecule has 0 aliphatic carbocycles. The number of ether oxygens (including phenoxy) is 2. The first kappa shape index (κ1) is 23.2. The van der Waals surface area contributed by atoms with Gasteiger partial charge in [0.25, 0.3) is 0 Å². The lowest BCUT2D eigenvalue weighted by atomic mass is 9.93. The van der Waals surface area contributed by atoms with Gasteiger partial charge in [0, 0.05) is 26.2 Å². The molecule has 0 saturated heterocycles. The van der Waals surface area contributed by atoms with E-state index in [2.05, 4.69) is 24.5 Å². The van der Waals surface area contributed by atoms with Gasteiger partial charge in [0.15, 0.2) is 0 Å². The largest absolute Gasteiger partial charge is 0.491 e. The maximum absolute atomic E-state index is 10.1. The van der Waals surface area contributed by atoms with Crippen LogP contribution in [0.3, 0.4) is 0 Å². The van der Waals surface area contributed by atoms with Crippen LogP contribution in [0.1, 0.15) is 13.8 Å². The second-order valence-corrected chi connectivity index (χ2v) is 7.98. The number of nitrogens with one attached hydrogen (secondary N) is 2. The normalized spacial score (nSPS) is 13.7. The molecule has 0 saturated carbocycles. The summed E-state index contributed by atoms with van der Waals surface area (Å²) in [6.07, 6.45) is -1.15. The molecule has 2 aromatic rings. The molecule has 2 rings (SSSR count). The molecule has 29 heavy (non-hydrogen) atoms. The fourth-order valence-electron chi connectivity index (χ4n) is 2.75. The third-order valence-electron chi connectivity index (χ3n) is 4.34. The van der Waals surface area contributed by atoms with Crippen molar-refractivity contribution in [1.82, 2.24) is 10.6 Å². The predicted octanol–water partition coefficient (Wildman–Crippen LogP) is 2.07. The second-order valence-electron chi connectivity index (χ2n) is 7.98. The molecule has 0 unspecified atom stereocenters. The van der Waals surface area contributed by atoms with Gasteiger partial charge in [0.05, 0.1) is 0 Å². The molecule has 0 amide bonds. The van der Waals surface area contributed by atoms with Crippen LogP contribution < -0.4 is 20.1 Å². The summed E-state index contributed by atoms with van der Waals surface area (Å²) in [5, 5.41) is 26.7. The van der Waals surface area contributed by atoms with Crippen LogP contribution in [0.25, 0.3) is 0 Å². The fraction of sp³-hybridized carbons (Fsp3) is 0.478. The summed E-state index contributed by atoms with van der Waals surface area (Å²) < 4.78 is 11.1. The van der Waals surface area contributed by atoms with Gasteiger partial charge in [-0.1, -0.05) is 50.2 Å². The first-order valence-electron chi connectivity index (χ1n) is 10.1. The summed E-state index contributed by atoms with van der Waals surface area (Å²) in [4.78, 5) is 0. The first-order chi connectivity index (χ1) is 13.9. The quantitative estimate of drug-likeness (QED) is 0.387. The monoisotopic (exact) mass is 402 g/mol. The summed E-state index contributed by atoms with van der Waals surface area (Å²) in [5.41, 5.74) is -0.0278. The van der Waals surface area contributed by atoms with E-state index in [1.165, 1.54) is 0 Å². The number of rotatable bonds is 14. The van der Waals surface area contributed by atoms with Crippen molar-refractivity contribution in [1.29, 1.82) is 0 Å². The lowest BCUT2D eigenvalue weighted by Crippen LogP contribution is -2.43. The topological polar surface area (TPSA) is 83.0 Å². The maximum atomic E-state index is 10.1. The minimum absolute atomic E-state index is 0.0278. The first-order valence-corrected chi connectivity index (χ1v) is 10.1. The highest BCUT2D eigenvalue weighted by Crippen LogP contribution is 2.12. The molecule has 0 heterocycles. The Bertz CT molecular complexity index is 610. The highest BCUT2D eigenvalue weighted by molar-refractivity contribution is 5.21. The van der Waals surface area contributed by atoms with E-state index < -0.39 is 12.2 Å². The predicted molar refractivity (Wildman–Crippen MR) is 115 cm³/mol. The number of para-hydroxylation sites is 2. The number of hydrogen-bond donors (Lipinski definition) is 4. The summed E-state index contributed by atoms with van der Waals surface area (Å²) in [6.45, 7) is 7.16. The van der Waals surface area contributed by atoms with Gasteiger partial charge in [-0.15, -0.1) is 0 Å². The molecule has 2 aromatic carbocycles. The van der Waals surface area contributed by atoms with E-state index in [0.717, 1.165) is 24.6 Å². The van der Waals surface area contributed by atoms with E-state index in [1.54, 1.807) is 0 Å². The van der Waals surface area contributed by atoms with E-state index in [1.807, 2.05) is 60.7 Å². The average molecular weight is 403 g/mol. The highest BCUT2D eigenvalue weighted by Gasteiger charge is 2.18. The van der Waals surface area contributed by atoms with Crippen molar-refractivity contribution in [3.05, 3.63) is 60.7 Å². The van der Waals surface area contributed by atoms with Crippen molar-refractivity contribution in [2.24, 2.45) is 5.41 Å². The summed E-state index contributed by atoms with van der Waals surface area (Å²) >= 11 is 0. The van der Waals surface area contributed by atoms with Gasteiger partial charge in [-0.2, -0.15) is 0 Å². The van der Waals surface area contributed by atoms with Crippen molar-refractivity contribution < 1.29 is 19.7 Å². The van der Waals surface area contributed by atoms with E-state index >= 15 is 0 Å². The smallest absolute Gasteiger partial charge is 0.119 e. The van der Waals surface area contributed by atoms with Gasteiger partial charge in [-0.3, -0.25) is 0 Å². The zero-order valence-electron chi connectivity index (χ0n) is 17.4. The lowest BCUT2D eigenvalue weighted by Gasteiger charge is -2.27. The molecular formula is C23H34N2O4. The minimum Gasteiger partial charge on any atom is -0.491 e. The van der Waals surface area contributed by atoms with E-state index in [4.69, 9.17) is 9.47 Å². The molecule has 0 aliphatic rings. The molecule has 6 heteroatoms. The van der Waals surface area contributed by atoms with Gasteiger partial charge in [-0.25, -0.2) is 0 Å². The van der Waals surface area contributed by atoms with E-state index in [-0.39, 0.29) is 18.6 Å². The molecular weight excluding hydrogens is 368 g/mol. The third-order valence-corrected chi connectivity index (χ3v) is 4.34. The molecule has 0 radical (unpaired) electrons. The van der Waals surface area contributed by atoms with Crippen LogP contribution in [0.5, 0.6) is 11.5 Å². The van der Waals surface area contributed by atoms with Crippen molar-refractivity contribution in [3.8, 4) is 11.5 Å². The van der Waals surface area contributed by atoms with E-state index in [9.17, 15) is 10.2 Å². The highest BCUT2D eigenvalue weighted by atomic mass is 16.5. The number of aliphatic hydroxyl groups excluding tert-OH is 2. The molecule has 6 nitrogen and oxygen atoms in total. The Labute approximate surface area is 173 Å². The van der Waals surface area contributed by atoms with Crippen LogP contribution in [0.4, 0.5) is 0 Å². The number of hydrogen-bond acceptors (Lipinski definition) is 6. The maximum Gasteiger partial charge on any atom is 0.119 e. The lowest BCUT2D eigenvalue weighted by molar-refractivity contribution is 0.0992. The number of aliphatic hydroxyl groups is 2.